The van der Waals surface area contributed by atoms with Crippen LogP contribution in [0.4, 0.5) is 22.7 Å². The third kappa shape index (κ3) is 2.01. The first-order chi connectivity index (χ1) is 9.16. The fourth-order valence-electron chi connectivity index (χ4n) is 2.65. The van der Waals surface area contributed by atoms with E-state index in [2.05, 4.69) is 46.2 Å². The van der Waals surface area contributed by atoms with E-state index in [0.29, 0.717) is 0 Å². The van der Waals surface area contributed by atoms with Crippen LogP contribution in [-0.4, -0.2) is 20.6 Å². The Kier molecular flexibility index (Phi) is 2.82. The summed E-state index contributed by atoms with van der Waals surface area (Å²) in [6.07, 6.45) is 1.09. The molecule has 0 radical (unpaired) electrons. The Morgan fingerprint density at radius 2 is 1.84 bits per heavy atom. The quantitative estimate of drug-likeness (QED) is 0.835. The Bertz CT molecular complexity index is 605. The number of anilines is 4. The maximum absolute atomic E-state index is 6.23. The van der Waals surface area contributed by atoms with Gasteiger partial charge in [0.2, 0.25) is 0 Å². The fraction of sp³-hybridized carbons (Fsp3) is 0.250. The maximum atomic E-state index is 6.23. The highest BCUT2D eigenvalue weighted by molar-refractivity contribution is 5.80. The molecule has 0 spiro atoms. The van der Waals surface area contributed by atoms with Gasteiger partial charge in [0.05, 0.1) is 11.4 Å². The van der Waals surface area contributed by atoms with E-state index in [1.165, 1.54) is 11.3 Å². The highest BCUT2D eigenvalue weighted by Gasteiger charge is 2.21. The topological polar surface area (TPSA) is 32.5 Å². The van der Waals surface area contributed by atoms with Gasteiger partial charge in [-0.2, -0.15) is 0 Å². The van der Waals surface area contributed by atoms with Crippen LogP contribution >= 0.6 is 0 Å². The Balaban J connectivity index is 2.00. The van der Waals surface area contributed by atoms with Gasteiger partial charge < -0.3 is 15.5 Å². The summed E-state index contributed by atoms with van der Waals surface area (Å²) in [5.74, 6) is 0. The molecule has 3 rings (SSSR count). The zero-order valence-corrected chi connectivity index (χ0v) is 11.4. The van der Waals surface area contributed by atoms with Crippen molar-refractivity contribution < 1.29 is 0 Å². The molecular formula is C16H19N3. The molecule has 2 N–H and O–H groups in total. The van der Waals surface area contributed by atoms with Crippen molar-refractivity contribution in [3.63, 3.8) is 0 Å². The van der Waals surface area contributed by atoms with Gasteiger partial charge in [-0.1, -0.05) is 18.2 Å². The van der Waals surface area contributed by atoms with Gasteiger partial charge in [-0.15, -0.1) is 0 Å². The normalized spacial score (nSPS) is 13.5. The number of para-hydroxylation sites is 1. The molecule has 0 saturated heterocycles. The molecule has 1 aliphatic rings. The molecule has 0 amide bonds. The Morgan fingerprint density at radius 3 is 2.58 bits per heavy atom. The van der Waals surface area contributed by atoms with Crippen LogP contribution in [-0.2, 0) is 6.42 Å². The number of nitrogens with zero attached hydrogens (tertiary/aromatic N) is 2. The largest absolute Gasteiger partial charge is 0.397 e. The molecule has 2 aromatic carbocycles. The second kappa shape index (κ2) is 4.50. The van der Waals surface area contributed by atoms with Crippen molar-refractivity contribution in [2.24, 2.45) is 0 Å². The highest BCUT2D eigenvalue weighted by atomic mass is 15.2. The van der Waals surface area contributed by atoms with Crippen LogP contribution in [0.3, 0.4) is 0 Å². The van der Waals surface area contributed by atoms with E-state index >= 15 is 0 Å². The zero-order chi connectivity index (χ0) is 13.4. The third-order valence-electron chi connectivity index (χ3n) is 3.71. The minimum atomic E-state index is 0.836. The van der Waals surface area contributed by atoms with Gasteiger partial charge in [-0.3, -0.25) is 0 Å². The summed E-state index contributed by atoms with van der Waals surface area (Å²) in [7, 11) is 4.05. The first-order valence-corrected chi connectivity index (χ1v) is 6.59. The molecule has 0 bridgehead atoms. The van der Waals surface area contributed by atoms with Gasteiger partial charge >= 0.3 is 0 Å². The number of benzene rings is 2. The Hall–Kier alpha value is -2.16. The van der Waals surface area contributed by atoms with E-state index in [1.54, 1.807) is 0 Å². The summed E-state index contributed by atoms with van der Waals surface area (Å²) in [6, 6.07) is 14.8. The molecule has 3 nitrogen and oxygen atoms in total. The lowest BCUT2D eigenvalue weighted by molar-refractivity contribution is 0.999. The van der Waals surface area contributed by atoms with Crippen LogP contribution in [0.25, 0.3) is 0 Å². The number of hydrogen-bond acceptors (Lipinski definition) is 3. The molecule has 1 heterocycles. The van der Waals surface area contributed by atoms with Gasteiger partial charge in [0.1, 0.15) is 0 Å². The number of hydrogen-bond donors (Lipinski definition) is 1. The molecule has 0 aromatic heterocycles. The number of nitrogens with two attached hydrogens (primary N) is 1. The van der Waals surface area contributed by atoms with Crippen molar-refractivity contribution in [3.8, 4) is 0 Å². The minimum absolute atomic E-state index is 0.836. The molecule has 0 fully saturated rings. The summed E-state index contributed by atoms with van der Waals surface area (Å²) >= 11 is 0. The van der Waals surface area contributed by atoms with Crippen LogP contribution in [0.5, 0.6) is 0 Å². The first-order valence-electron chi connectivity index (χ1n) is 6.59. The van der Waals surface area contributed by atoms with Crippen molar-refractivity contribution in [1.82, 2.24) is 0 Å². The van der Waals surface area contributed by atoms with Crippen LogP contribution in [0, 0.1) is 0 Å². The van der Waals surface area contributed by atoms with Crippen molar-refractivity contribution in [2.45, 2.75) is 6.42 Å². The summed E-state index contributed by atoms with van der Waals surface area (Å²) in [5.41, 5.74) is 12.0. The predicted octanol–water partition coefficient (Wildman–Crippen LogP) is 3.03. The van der Waals surface area contributed by atoms with Crippen LogP contribution in [0.15, 0.2) is 42.5 Å². The molecule has 0 atom stereocenters. The molecule has 0 saturated carbocycles. The standard InChI is InChI=1S/C16H19N3/c1-18(2)13-7-8-16(14(17)11-13)19-10-9-12-5-3-4-6-15(12)19/h3-8,11H,9-10,17H2,1-2H3. The maximum Gasteiger partial charge on any atom is 0.0646 e. The van der Waals surface area contributed by atoms with E-state index in [-0.39, 0.29) is 0 Å². The Morgan fingerprint density at radius 1 is 1.05 bits per heavy atom. The molecule has 2 aromatic rings. The second-order valence-electron chi connectivity index (χ2n) is 5.17. The summed E-state index contributed by atoms with van der Waals surface area (Å²) in [4.78, 5) is 4.38. The molecule has 19 heavy (non-hydrogen) atoms. The molecule has 0 unspecified atom stereocenters. The smallest absolute Gasteiger partial charge is 0.0646 e. The number of nitrogen functional groups attached to an aromatic ring is 1. The van der Waals surface area contributed by atoms with Gasteiger partial charge in [-0.25, -0.2) is 0 Å². The van der Waals surface area contributed by atoms with Gasteiger partial charge in [0, 0.05) is 32.0 Å². The van der Waals surface area contributed by atoms with E-state index < -0.39 is 0 Å². The van der Waals surface area contributed by atoms with E-state index in [9.17, 15) is 0 Å². The van der Waals surface area contributed by atoms with Crippen molar-refractivity contribution in [1.29, 1.82) is 0 Å². The van der Waals surface area contributed by atoms with Crippen molar-refractivity contribution >= 4 is 22.7 Å². The first kappa shape index (κ1) is 11.9. The van der Waals surface area contributed by atoms with Gasteiger partial charge in [0.15, 0.2) is 0 Å². The summed E-state index contributed by atoms with van der Waals surface area (Å²) in [6.45, 7) is 1.00. The van der Waals surface area contributed by atoms with Gasteiger partial charge in [0.25, 0.3) is 0 Å². The molecule has 0 aliphatic carbocycles. The van der Waals surface area contributed by atoms with E-state index in [0.717, 1.165) is 30.0 Å². The summed E-state index contributed by atoms with van der Waals surface area (Å²) in [5, 5.41) is 0. The van der Waals surface area contributed by atoms with Crippen LogP contribution in [0.2, 0.25) is 0 Å². The lowest BCUT2D eigenvalue weighted by Crippen LogP contribution is -2.16. The lowest BCUT2D eigenvalue weighted by atomic mass is 10.1. The zero-order valence-electron chi connectivity index (χ0n) is 11.4. The van der Waals surface area contributed by atoms with Crippen molar-refractivity contribution in [3.05, 3.63) is 48.0 Å². The van der Waals surface area contributed by atoms with Crippen molar-refractivity contribution in [2.75, 3.05) is 36.2 Å². The lowest BCUT2D eigenvalue weighted by Gasteiger charge is -2.23. The molecule has 98 valence electrons. The fourth-order valence-corrected chi connectivity index (χ4v) is 2.65. The molecular weight excluding hydrogens is 234 g/mol. The van der Waals surface area contributed by atoms with Gasteiger partial charge in [-0.05, 0) is 36.2 Å². The highest BCUT2D eigenvalue weighted by Crippen LogP contribution is 2.38. The SMILES string of the molecule is CN(C)c1ccc(N2CCc3ccccc32)c(N)c1. The predicted molar refractivity (Wildman–Crippen MR) is 82.3 cm³/mol. The second-order valence-corrected chi connectivity index (χ2v) is 5.17. The minimum Gasteiger partial charge on any atom is -0.397 e. The summed E-state index contributed by atoms with van der Waals surface area (Å²) < 4.78 is 0. The Labute approximate surface area is 114 Å². The monoisotopic (exact) mass is 253 g/mol. The number of fused-ring (bicyclic) bond motifs is 1. The average Bonchev–Trinajstić information content (AvgIpc) is 2.82. The van der Waals surface area contributed by atoms with E-state index in [4.69, 9.17) is 5.73 Å². The van der Waals surface area contributed by atoms with Crippen LogP contribution in [0.1, 0.15) is 5.56 Å². The number of rotatable bonds is 2. The van der Waals surface area contributed by atoms with E-state index in [1.807, 2.05) is 20.2 Å². The third-order valence-corrected chi connectivity index (χ3v) is 3.71. The average molecular weight is 253 g/mol. The molecule has 1 aliphatic heterocycles. The van der Waals surface area contributed by atoms with Crippen LogP contribution < -0.4 is 15.5 Å². The molecule has 3 heteroatoms.